The fourth-order valence-corrected chi connectivity index (χ4v) is 4.47. The molecule has 2 heterocycles. The molecule has 2 aromatic carbocycles. The molecule has 1 N–H and O–H groups in total. The normalized spacial score (nSPS) is 16.8. The lowest BCUT2D eigenvalue weighted by atomic mass is 10.2. The van der Waals surface area contributed by atoms with Gasteiger partial charge in [0.1, 0.15) is 0 Å². The van der Waals surface area contributed by atoms with Crippen LogP contribution in [0.3, 0.4) is 0 Å². The largest absolute Gasteiger partial charge is 0.346 e. The van der Waals surface area contributed by atoms with Crippen molar-refractivity contribution in [3.63, 3.8) is 0 Å². The number of thiazole rings is 1. The average molecular weight is 429 g/mol. The maximum absolute atomic E-state index is 13.3. The molecule has 4 rings (SSSR count). The van der Waals surface area contributed by atoms with Crippen molar-refractivity contribution in [2.45, 2.75) is 12.5 Å². The highest BCUT2D eigenvalue weighted by molar-refractivity contribution is 7.22. The van der Waals surface area contributed by atoms with Gasteiger partial charge in [-0.25, -0.2) is 13.8 Å². The van der Waals surface area contributed by atoms with Gasteiger partial charge in [0, 0.05) is 30.9 Å². The zero-order valence-corrected chi connectivity index (χ0v) is 17.5. The van der Waals surface area contributed by atoms with E-state index >= 15 is 0 Å². The minimum atomic E-state index is -0.945. The number of nitrogens with zero attached hydrogens (tertiary/aromatic N) is 3. The van der Waals surface area contributed by atoms with Gasteiger partial charge in [-0.15, -0.1) is 0 Å². The molecule has 1 aromatic heterocycles. The molecule has 0 bridgehead atoms. The van der Waals surface area contributed by atoms with Crippen LogP contribution in [0.15, 0.2) is 42.5 Å². The second-order valence-corrected chi connectivity index (χ2v) is 8.54. The number of aromatic nitrogens is 1. The third-order valence-corrected chi connectivity index (χ3v) is 6.26. The van der Waals surface area contributed by atoms with E-state index in [0.29, 0.717) is 17.3 Å². The topological polar surface area (TPSA) is 48.5 Å². The van der Waals surface area contributed by atoms with E-state index in [1.807, 2.05) is 18.2 Å². The number of hydrogen-bond acceptors (Lipinski definition) is 5. The summed E-state index contributed by atoms with van der Waals surface area (Å²) in [6, 6.07) is 9.62. The van der Waals surface area contributed by atoms with Gasteiger partial charge in [0.25, 0.3) is 0 Å². The summed E-state index contributed by atoms with van der Waals surface area (Å²) >= 11 is 1.61. The first-order chi connectivity index (χ1) is 14.4. The molecule has 156 valence electrons. The van der Waals surface area contributed by atoms with Gasteiger partial charge in [-0.05, 0) is 62.5 Å². The van der Waals surface area contributed by atoms with E-state index in [2.05, 4.69) is 29.2 Å². The van der Waals surface area contributed by atoms with Gasteiger partial charge in [0.15, 0.2) is 16.8 Å². The van der Waals surface area contributed by atoms with Crippen LogP contribution in [0.25, 0.3) is 16.3 Å². The molecule has 0 spiro atoms. The van der Waals surface area contributed by atoms with Gasteiger partial charge in [-0.3, -0.25) is 4.79 Å². The van der Waals surface area contributed by atoms with Crippen molar-refractivity contribution < 1.29 is 13.6 Å². The molecule has 1 saturated heterocycles. The molecule has 0 saturated carbocycles. The summed E-state index contributed by atoms with van der Waals surface area (Å²) in [6.45, 7) is 1.95. The highest BCUT2D eigenvalue weighted by Crippen LogP contribution is 2.33. The van der Waals surface area contributed by atoms with Gasteiger partial charge in [-0.1, -0.05) is 17.4 Å². The Morgan fingerprint density at radius 2 is 2.07 bits per heavy atom. The first-order valence-electron chi connectivity index (χ1n) is 9.65. The monoisotopic (exact) mass is 428 g/mol. The highest BCUT2D eigenvalue weighted by Gasteiger charge is 2.26. The number of halogens is 2. The molecule has 1 fully saturated rings. The molecule has 1 aliphatic rings. The Labute approximate surface area is 177 Å². The molecule has 8 heteroatoms. The van der Waals surface area contributed by atoms with Crippen LogP contribution in [-0.2, 0) is 4.79 Å². The van der Waals surface area contributed by atoms with Crippen LogP contribution in [0, 0.1) is 11.6 Å². The summed E-state index contributed by atoms with van der Waals surface area (Å²) < 4.78 is 27.2. The summed E-state index contributed by atoms with van der Waals surface area (Å²) in [7, 11) is 4.20. The van der Waals surface area contributed by atoms with E-state index in [1.54, 1.807) is 11.3 Å². The molecule has 1 amide bonds. The average Bonchev–Trinajstić information content (AvgIpc) is 3.35. The van der Waals surface area contributed by atoms with Crippen LogP contribution >= 0.6 is 11.3 Å². The van der Waals surface area contributed by atoms with Crippen molar-refractivity contribution >= 4 is 44.4 Å². The lowest BCUT2D eigenvalue weighted by Gasteiger charge is -2.19. The van der Waals surface area contributed by atoms with Crippen molar-refractivity contribution in [1.29, 1.82) is 0 Å². The summed E-state index contributed by atoms with van der Waals surface area (Å²) in [5.74, 6) is -2.21. The van der Waals surface area contributed by atoms with Gasteiger partial charge in [-0.2, -0.15) is 0 Å². The smallest absolute Gasteiger partial charge is 0.248 e. The molecule has 1 unspecified atom stereocenters. The number of fused-ring (bicyclic) bond motifs is 1. The van der Waals surface area contributed by atoms with E-state index in [9.17, 15) is 13.6 Å². The van der Waals surface area contributed by atoms with Crippen molar-refractivity contribution in [2.75, 3.05) is 37.4 Å². The minimum absolute atomic E-state index is 0.350. The molecule has 1 aliphatic heterocycles. The Hall–Kier alpha value is -2.84. The first kappa shape index (κ1) is 20.4. The molecule has 5 nitrogen and oxygen atoms in total. The lowest BCUT2D eigenvalue weighted by molar-refractivity contribution is -0.111. The molecule has 30 heavy (non-hydrogen) atoms. The fraction of sp³-hybridized carbons (Fsp3) is 0.273. The molecule has 0 radical (unpaired) electrons. The summed E-state index contributed by atoms with van der Waals surface area (Å²) in [5, 5.41) is 3.79. The van der Waals surface area contributed by atoms with Crippen LogP contribution in [0.2, 0.25) is 0 Å². The van der Waals surface area contributed by atoms with Crippen LogP contribution < -0.4 is 10.2 Å². The van der Waals surface area contributed by atoms with Gasteiger partial charge < -0.3 is 15.1 Å². The number of carbonyl (C=O) groups excluding carboxylic acids is 1. The number of anilines is 2. The van der Waals surface area contributed by atoms with E-state index in [4.69, 9.17) is 4.98 Å². The van der Waals surface area contributed by atoms with Crippen molar-refractivity contribution in [2.24, 2.45) is 0 Å². The second-order valence-electron chi connectivity index (χ2n) is 7.53. The Balaban J connectivity index is 1.44. The van der Waals surface area contributed by atoms with E-state index in [1.165, 1.54) is 18.2 Å². The van der Waals surface area contributed by atoms with Crippen molar-refractivity contribution in [1.82, 2.24) is 9.88 Å². The standard InChI is InChI=1S/C22H22F2N4OS/c1-27(2)16-9-10-28(13-16)22-26-19-7-5-15(12-20(19)30-22)25-21(29)8-4-14-3-6-17(23)18(24)11-14/h3-8,11-12,16H,9-10,13H2,1-2H3,(H,25,29). The van der Waals surface area contributed by atoms with Crippen molar-refractivity contribution in [3.05, 3.63) is 59.7 Å². The van der Waals surface area contributed by atoms with Gasteiger partial charge in [0.2, 0.25) is 5.91 Å². The zero-order chi connectivity index (χ0) is 21.3. The number of hydrogen-bond donors (Lipinski definition) is 1. The molecular weight excluding hydrogens is 406 g/mol. The second kappa shape index (κ2) is 8.49. The number of nitrogens with one attached hydrogen (secondary N) is 1. The highest BCUT2D eigenvalue weighted by atomic mass is 32.1. The van der Waals surface area contributed by atoms with E-state index in [-0.39, 0.29) is 5.91 Å². The van der Waals surface area contributed by atoms with Crippen LogP contribution in [0.4, 0.5) is 19.6 Å². The quantitative estimate of drug-likeness (QED) is 0.614. The van der Waals surface area contributed by atoms with E-state index in [0.717, 1.165) is 47.0 Å². The van der Waals surface area contributed by atoms with E-state index < -0.39 is 11.6 Å². The number of rotatable bonds is 5. The first-order valence-corrected chi connectivity index (χ1v) is 10.5. The number of carbonyl (C=O) groups is 1. The molecule has 0 aliphatic carbocycles. The van der Waals surface area contributed by atoms with Gasteiger partial charge >= 0.3 is 0 Å². The maximum Gasteiger partial charge on any atom is 0.248 e. The Kier molecular flexibility index (Phi) is 5.78. The van der Waals surface area contributed by atoms with Gasteiger partial charge in [0.05, 0.1) is 10.2 Å². The van der Waals surface area contributed by atoms with Crippen LogP contribution in [-0.4, -0.2) is 49.0 Å². The summed E-state index contributed by atoms with van der Waals surface area (Å²) in [5.41, 5.74) is 1.97. The summed E-state index contributed by atoms with van der Waals surface area (Å²) in [6.07, 6.45) is 3.85. The van der Waals surface area contributed by atoms with Crippen LogP contribution in [0.1, 0.15) is 12.0 Å². The molecule has 3 aromatic rings. The zero-order valence-electron chi connectivity index (χ0n) is 16.7. The molecule has 1 atom stereocenters. The Bertz CT molecular complexity index is 1110. The predicted molar refractivity (Wildman–Crippen MR) is 118 cm³/mol. The third-order valence-electron chi connectivity index (χ3n) is 5.18. The Morgan fingerprint density at radius 1 is 1.23 bits per heavy atom. The van der Waals surface area contributed by atoms with Crippen molar-refractivity contribution in [3.8, 4) is 0 Å². The lowest BCUT2D eigenvalue weighted by Crippen LogP contribution is -2.31. The maximum atomic E-state index is 13.3. The number of benzene rings is 2. The number of amides is 1. The number of likely N-dealkylation sites (N-methyl/N-ethyl adjacent to an activating group) is 1. The third kappa shape index (κ3) is 4.49. The van der Waals surface area contributed by atoms with Crippen LogP contribution in [0.5, 0.6) is 0 Å². The predicted octanol–water partition coefficient (Wildman–Crippen LogP) is 4.37. The SMILES string of the molecule is CN(C)C1CCN(c2nc3ccc(NC(=O)C=Cc4ccc(F)c(F)c4)cc3s2)C1. The fourth-order valence-electron chi connectivity index (χ4n) is 3.43. The Morgan fingerprint density at radius 3 is 2.80 bits per heavy atom. The molecular formula is C22H22F2N4OS. The minimum Gasteiger partial charge on any atom is -0.346 e. The summed E-state index contributed by atoms with van der Waals surface area (Å²) in [4.78, 5) is 21.5.